The number of ether oxygens (including phenoxy) is 2. The molecule has 0 bridgehead atoms. The average molecular weight is 360 g/mol. The Labute approximate surface area is 121 Å². The van der Waals surface area contributed by atoms with Gasteiger partial charge >= 0.3 is 0 Å². The fourth-order valence-electron chi connectivity index (χ4n) is 2.74. The molecular weight excluding hydrogens is 343 g/mol. The zero-order valence-electron chi connectivity index (χ0n) is 10.2. The molecule has 2 aliphatic heterocycles. The predicted molar refractivity (Wildman–Crippen MR) is 79.7 cm³/mol. The summed E-state index contributed by atoms with van der Waals surface area (Å²) in [7, 11) is 0. The van der Waals surface area contributed by atoms with Crippen LogP contribution in [0.15, 0.2) is 18.2 Å². The molecule has 18 heavy (non-hydrogen) atoms. The van der Waals surface area contributed by atoms with Gasteiger partial charge in [0.1, 0.15) is 0 Å². The van der Waals surface area contributed by atoms with Crippen LogP contribution >= 0.6 is 22.6 Å². The fraction of sp³-hybridized carbons (Fsp3) is 0.538. The number of piperidine rings is 1. The molecule has 3 rings (SSSR count). The van der Waals surface area contributed by atoms with Gasteiger partial charge in [0.05, 0.1) is 31.1 Å². The Morgan fingerprint density at radius 1 is 1.28 bits per heavy atom. The summed E-state index contributed by atoms with van der Waals surface area (Å²) in [6.07, 6.45) is 2.05. The smallest absolute Gasteiger partial charge is 0.186 e. The van der Waals surface area contributed by atoms with Crippen LogP contribution in [-0.4, -0.2) is 32.1 Å². The molecule has 2 aliphatic rings. The second-order valence-corrected chi connectivity index (χ2v) is 6.08. The van der Waals surface area contributed by atoms with Crippen LogP contribution in [0.2, 0.25) is 0 Å². The van der Waals surface area contributed by atoms with Gasteiger partial charge in [0.15, 0.2) is 5.79 Å². The molecule has 0 amide bonds. The molecule has 98 valence electrons. The van der Waals surface area contributed by atoms with Gasteiger partial charge in [0.25, 0.3) is 0 Å². The number of benzene rings is 1. The Hall–Kier alpha value is -0.530. The van der Waals surface area contributed by atoms with Gasteiger partial charge in [0.2, 0.25) is 0 Å². The zero-order valence-corrected chi connectivity index (χ0v) is 12.4. The molecule has 0 radical (unpaired) electrons. The Morgan fingerprint density at radius 2 is 2.06 bits per heavy atom. The van der Waals surface area contributed by atoms with Crippen molar-refractivity contribution in [3.63, 3.8) is 0 Å². The van der Waals surface area contributed by atoms with E-state index >= 15 is 0 Å². The summed E-state index contributed by atoms with van der Waals surface area (Å²) in [5.74, 6) is -0.395. The van der Waals surface area contributed by atoms with Gasteiger partial charge in [-0.25, -0.2) is 0 Å². The van der Waals surface area contributed by atoms with E-state index in [1.54, 1.807) is 0 Å². The number of anilines is 2. The third-order valence-corrected chi connectivity index (χ3v) is 4.23. The third kappa shape index (κ3) is 2.31. The molecule has 2 heterocycles. The first-order valence-electron chi connectivity index (χ1n) is 6.26. The first kappa shape index (κ1) is 12.5. The topological polar surface area (TPSA) is 47.7 Å². The fourth-order valence-corrected chi connectivity index (χ4v) is 3.26. The standard InChI is InChI=1S/C13H17IN2O2/c14-10-2-3-12(11(15)8-10)16-5-1-4-13(9-16)17-6-7-18-13/h2-3,8H,1,4-7,9,15H2. The van der Waals surface area contributed by atoms with E-state index in [0.29, 0.717) is 13.2 Å². The van der Waals surface area contributed by atoms with Crippen LogP contribution < -0.4 is 10.6 Å². The molecule has 2 N–H and O–H groups in total. The van der Waals surface area contributed by atoms with Crippen LogP contribution in [0.3, 0.4) is 0 Å². The van der Waals surface area contributed by atoms with E-state index in [2.05, 4.69) is 39.6 Å². The van der Waals surface area contributed by atoms with Gasteiger partial charge in [0, 0.05) is 16.5 Å². The van der Waals surface area contributed by atoms with Gasteiger partial charge in [-0.15, -0.1) is 0 Å². The highest BCUT2D eigenvalue weighted by molar-refractivity contribution is 14.1. The first-order valence-corrected chi connectivity index (χ1v) is 7.34. The highest BCUT2D eigenvalue weighted by atomic mass is 127. The number of hydrogen-bond donors (Lipinski definition) is 1. The van der Waals surface area contributed by atoms with Crippen molar-refractivity contribution in [2.24, 2.45) is 0 Å². The van der Waals surface area contributed by atoms with E-state index in [9.17, 15) is 0 Å². The molecule has 0 saturated carbocycles. The molecule has 0 atom stereocenters. The van der Waals surface area contributed by atoms with Crippen molar-refractivity contribution in [1.29, 1.82) is 0 Å². The summed E-state index contributed by atoms with van der Waals surface area (Å²) in [5.41, 5.74) is 8.03. The number of halogens is 1. The summed E-state index contributed by atoms with van der Waals surface area (Å²) in [5, 5.41) is 0. The Morgan fingerprint density at radius 3 is 2.78 bits per heavy atom. The largest absolute Gasteiger partial charge is 0.397 e. The van der Waals surface area contributed by atoms with E-state index in [1.165, 1.54) is 0 Å². The Bertz CT molecular complexity index is 447. The van der Waals surface area contributed by atoms with E-state index in [1.807, 2.05) is 6.07 Å². The maximum Gasteiger partial charge on any atom is 0.186 e. The van der Waals surface area contributed by atoms with Crippen molar-refractivity contribution in [3.05, 3.63) is 21.8 Å². The van der Waals surface area contributed by atoms with Gasteiger partial charge in [-0.3, -0.25) is 0 Å². The molecule has 0 aromatic heterocycles. The van der Waals surface area contributed by atoms with Crippen molar-refractivity contribution in [2.75, 3.05) is 36.9 Å². The number of rotatable bonds is 1. The average Bonchev–Trinajstić information content (AvgIpc) is 2.77. The Kier molecular flexibility index (Phi) is 3.38. The van der Waals surface area contributed by atoms with Crippen molar-refractivity contribution in [2.45, 2.75) is 18.6 Å². The zero-order chi connectivity index (χ0) is 12.6. The minimum Gasteiger partial charge on any atom is -0.397 e. The maximum atomic E-state index is 6.11. The molecule has 1 spiro atoms. The monoisotopic (exact) mass is 360 g/mol. The summed E-state index contributed by atoms with van der Waals surface area (Å²) >= 11 is 2.28. The quantitative estimate of drug-likeness (QED) is 0.616. The second kappa shape index (κ2) is 4.86. The molecule has 1 aromatic carbocycles. The lowest BCUT2D eigenvalue weighted by atomic mass is 10.0. The van der Waals surface area contributed by atoms with E-state index in [-0.39, 0.29) is 0 Å². The molecular formula is C13H17IN2O2. The maximum absolute atomic E-state index is 6.11. The van der Waals surface area contributed by atoms with Gasteiger partial charge in [-0.05, 0) is 47.2 Å². The molecule has 1 aromatic rings. The molecule has 2 fully saturated rings. The Balaban J connectivity index is 1.83. The van der Waals surface area contributed by atoms with Gasteiger partial charge < -0.3 is 20.1 Å². The summed E-state index contributed by atoms with van der Waals surface area (Å²) in [6.45, 7) is 3.20. The van der Waals surface area contributed by atoms with Gasteiger partial charge in [-0.2, -0.15) is 0 Å². The molecule has 0 aliphatic carbocycles. The minimum absolute atomic E-state index is 0.395. The van der Waals surface area contributed by atoms with Crippen molar-refractivity contribution in [3.8, 4) is 0 Å². The van der Waals surface area contributed by atoms with Crippen molar-refractivity contribution in [1.82, 2.24) is 0 Å². The number of nitrogens with zero attached hydrogens (tertiary/aromatic N) is 1. The second-order valence-electron chi connectivity index (χ2n) is 4.84. The number of hydrogen-bond acceptors (Lipinski definition) is 4. The van der Waals surface area contributed by atoms with Gasteiger partial charge in [-0.1, -0.05) is 0 Å². The van der Waals surface area contributed by atoms with Crippen LogP contribution in [0.5, 0.6) is 0 Å². The molecule has 4 nitrogen and oxygen atoms in total. The van der Waals surface area contributed by atoms with E-state index in [4.69, 9.17) is 15.2 Å². The molecule has 5 heteroatoms. The van der Waals surface area contributed by atoms with Crippen LogP contribution in [-0.2, 0) is 9.47 Å². The van der Waals surface area contributed by atoms with Crippen LogP contribution in [0.4, 0.5) is 11.4 Å². The number of nitrogens with two attached hydrogens (primary N) is 1. The summed E-state index contributed by atoms with van der Waals surface area (Å²) in [4.78, 5) is 2.28. The molecule has 2 saturated heterocycles. The van der Waals surface area contributed by atoms with E-state index < -0.39 is 5.79 Å². The third-order valence-electron chi connectivity index (χ3n) is 3.56. The summed E-state index contributed by atoms with van der Waals surface area (Å²) < 4.78 is 12.7. The lowest BCUT2D eigenvalue weighted by molar-refractivity contribution is -0.161. The highest BCUT2D eigenvalue weighted by Crippen LogP contribution is 2.34. The van der Waals surface area contributed by atoms with Crippen LogP contribution in [0, 0.1) is 3.57 Å². The number of nitrogen functional groups attached to an aromatic ring is 1. The van der Waals surface area contributed by atoms with Crippen molar-refractivity contribution >= 4 is 34.0 Å². The normalized spacial score (nSPS) is 22.6. The summed E-state index contributed by atoms with van der Waals surface area (Å²) in [6, 6.07) is 6.18. The molecule has 0 unspecified atom stereocenters. The lowest BCUT2D eigenvalue weighted by Gasteiger charge is -2.40. The first-order chi connectivity index (χ1) is 8.69. The van der Waals surface area contributed by atoms with Crippen molar-refractivity contribution < 1.29 is 9.47 Å². The van der Waals surface area contributed by atoms with E-state index in [0.717, 1.165) is 40.9 Å². The van der Waals surface area contributed by atoms with Crippen LogP contribution in [0.1, 0.15) is 12.8 Å². The predicted octanol–water partition coefficient (Wildman–Crippen LogP) is 2.22. The SMILES string of the molecule is Nc1cc(I)ccc1N1CCCC2(C1)OCCO2. The highest BCUT2D eigenvalue weighted by Gasteiger charge is 2.41. The lowest BCUT2D eigenvalue weighted by Crippen LogP contribution is -2.49. The minimum atomic E-state index is -0.395. The van der Waals surface area contributed by atoms with Crippen LogP contribution in [0.25, 0.3) is 0 Å².